The minimum Gasteiger partial charge on any atom is -0.508 e. The summed E-state index contributed by atoms with van der Waals surface area (Å²) in [6, 6.07) is 17.2. The van der Waals surface area contributed by atoms with E-state index < -0.39 is 54.0 Å². The molecule has 5 unspecified atom stereocenters. The lowest BCUT2D eigenvalue weighted by molar-refractivity contribution is -0.142. The smallest absolute Gasteiger partial charge is 0.326 e. The molecule has 12 heteroatoms. The molecule has 12 nitrogen and oxygen atoms in total. The number of fused-ring (bicyclic) bond motifs is 1. The van der Waals surface area contributed by atoms with Crippen LogP contribution in [-0.2, 0) is 38.4 Å². The number of nitrogens with two attached hydrogens (primary N) is 1. The molecule has 1 aromatic heterocycles. The maximum Gasteiger partial charge on any atom is 0.326 e. The minimum atomic E-state index is -1.32. The number of phenols is 1. The fraction of sp³-hybridized carbons (Fsp3) is 0.273. The molecule has 4 aromatic rings. The summed E-state index contributed by atoms with van der Waals surface area (Å²) in [7, 11) is 0. The maximum absolute atomic E-state index is 13.7. The summed E-state index contributed by atoms with van der Waals surface area (Å²) in [6.07, 6.45) is 0.509. The molecule has 3 aromatic carbocycles. The SMILES string of the molecule is CC(O)C(N)C(=O)NC(Cc1ccc(O)cc1)C(=O)NC(Cc1ccccc1)C(=O)NC(Cc1c[nH]c2ccccc12)C(=O)O. The second-order valence-electron chi connectivity index (χ2n) is 10.9. The van der Waals surface area contributed by atoms with Crippen LogP contribution in [0.5, 0.6) is 5.75 Å². The van der Waals surface area contributed by atoms with Gasteiger partial charge in [0, 0.05) is 36.4 Å². The third-order valence-corrected chi connectivity index (χ3v) is 7.46. The van der Waals surface area contributed by atoms with Gasteiger partial charge >= 0.3 is 5.97 Å². The highest BCUT2D eigenvalue weighted by molar-refractivity contribution is 5.94. The maximum atomic E-state index is 13.7. The van der Waals surface area contributed by atoms with Crippen LogP contribution in [0, 0.1) is 0 Å². The number of hydrogen-bond donors (Lipinski definition) is 8. The zero-order chi connectivity index (χ0) is 32.5. The number of aliphatic carboxylic acids is 1. The van der Waals surface area contributed by atoms with Crippen molar-refractivity contribution in [1.29, 1.82) is 0 Å². The van der Waals surface area contributed by atoms with Gasteiger partial charge in [-0.25, -0.2) is 4.79 Å². The summed E-state index contributed by atoms with van der Waals surface area (Å²) >= 11 is 0. The van der Waals surface area contributed by atoms with Crippen LogP contribution in [0.1, 0.15) is 23.6 Å². The number of aromatic nitrogens is 1. The van der Waals surface area contributed by atoms with Gasteiger partial charge in [0.25, 0.3) is 0 Å². The number of carboxylic acids is 1. The first kappa shape index (κ1) is 32.7. The molecule has 0 aliphatic rings. The normalized spacial score (nSPS) is 14.5. The Morgan fingerprint density at radius 2 is 1.27 bits per heavy atom. The van der Waals surface area contributed by atoms with Crippen LogP contribution in [0.2, 0.25) is 0 Å². The average molecular weight is 616 g/mol. The van der Waals surface area contributed by atoms with Gasteiger partial charge in [-0.15, -0.1) is 0 Å². The molecule has 4 rings (SSSR count). The zero-order valence-electron chi connectivity index (χ0n) is 24.6. The number of aromatic amines is 1. The van der Waals surface area contributed by atoms with Gasteiger partial charge in [0.2, 0.25) is 17.7 Å². The highest BCUT2D eigenvalue weighted by Gasteiger charge is 2.31. The number of aliphatic hydroxyl groups is 1. The Kier molecular flexibility index (Phi) is 10.9. The van der Waals surface area contributed by atoms with Crippen molar-refractivity contribution in [2.24, 2.45) is 5.73 Å². The van der Waals surface area contributed by atoms with E-state index in [1.807, 2.05) is 24.3 Å². The number of phenolic OH excluding ortho intramolecular Hbond substituents is 1. The quantitative estimate of drug-likeness (QED) is 0.103. The number of carbonyl (C=O) groups excluding carboxylic acids is 3. The molecular weight excluding hydrogens is 578 g/mol. The second kappa shape index (κ2) is 15.0. The van der Waals surface area contributed by atoms with Crippen molar-refractivity contribution in [3.8, 4) is 5.75 Å². The van der Waals surface area contributed by atoms with Crippen molar-refractivity contribution in [1.82, 2.24) is 20.9 Å². The van der Waals surface area contributed by atoms with Gasteiger partial charge in [0.15, 0.2) is 0 Å². The molecule has 0 spiro atoms. The Morgan fingerprint density at radius 3 is 1.87 bits per heavy atom. The topological polar surface area (TPSA) is 207 Å². The molecule has 0 saturated carbocycles. The Bertz CT molecular complexity index is 1620. The number of hydrogen-bond acceptors (Lipinski definition) is 7. The number of amides is 3. The Morgan fingerprint density at radius 1 is 0.733 bits per heavy atom. The molecule has 45 heavy (non-hydrogen) atoms. The number of H-pyrrole nitrogens is 1. The van der Waals surface area contributed by atoms with Crippen molar-refractivity contribution >= 4 is 34.6 Å². The van der Waals surface area contributed by atoms with Crippen LogP contribution in [-0.4, -0.2) is 74.3 Å². The lowest BCUT2D eigenvalue weighted by Gasteiger charge is -2.26. The van der Waals surface area contributed by atoms with Crippen LogP contribution in [0.4, 0.5) is 0 Å². The van der Waals surface area contributed by atoms with Crippen molar-refractivity contribution < 1.29 is 34.5 Å². The molecule has 0 saturated heterocycles. The van der Waals surface area contributed by atoms with Gasteiger partial charge in [-0.05, 0) is 41.8 Å². The van der Waals surface area contributed by atoms with Gasteiger partial charge in [-0.3, -0.25) is 14.4 Å². The fourth-order valence-electron chi connectivity index (χ4n) is 4.89. The molecule has 236 valence electrons. The van der Waals surface area contributed by atoms with Crippen LogP contribution in [0.15, 0.2) is 85.1 Å². The monoisotopic (exact) mass is 615 g/mol. The molecule has 0 radical (unpaired) electrons. The second-order valence-corrected chi connectivity index (χ2v) is 10.9. The largest absolute Gasteiger partial charge is 0.508 e. The number of carbonyl (C=O) groups is 4. The van der Waals surface area contributed by atoms with Crippen LogP contribution in [0.3, 0.4) is 0 Å². The van der Waals surface area contributed by atoms with E-state index in [0.717, 1.165) is 10.9 Å². The number of para-hydroxylation sites is 1. The third kappa shape index (κ3) is 8.91. The van der Waals surface area contributed by atoms with Crippen LogP contribution in [0.25, 0.3) is 10.9 Å². The summed E-state index contributed by atoms with van der Waals surface area (Å²) in [4.78, 5) is 55.5. The fourth-order valence-corrected chi connectivity index (χ4v) is 4.89. The van der Waals surface area contributed by atoms with Crippen molar-refractivity contribution in [3.05, 3.63) is 102 Å². The van der Waals surface area contributed by atoms with E-state index in [-0.39, 0.29) is 25.0 Å². The summed E-state index contributed by atoms with van der Waals surface area (Å²) in [5, 5.41) is 38.1. The molecule has 5 atom stereocenters. The van der Waals surface area contributed by atoms with E-state index in [9.17, 15) is 34.5 Å². The highest BCUT2D eigenvalue weighted by atomic mass is 16.4. The van der Waals surface area contributed by atoms with Gasteiger partial charge < -0.3 is 42.0 Å². The van der Waals surface area contributed by atoms with E-state index in [1.54, 1.807) is 48.7 Å². The van der Waals surface area contributed by atoms with Gasteiger partial charge in [-0.2, -0.15) is 0 Å². The minimum absolute atomic E-state index is 0.00609. The lowest BCUT2D eigenvalue weighted by Crippen LogP contribution is -2.59. The van der Waals surface area contributed by atoms with E-state index in [0.29, 0.717) is 16.7 Å². The molecule has 0 aliphatic carbocycles. The Hall–Kier alpha value is -5.20. The average Bonchev–Trinajstić information content (AvgIpc) is 3.43. The van der Waals surface area contributed by atoms with Gasteiger partial charge in [-0.1, -0.05) is 60.7 Å². The van der Waals surface area contributed by atoms with E-state index in [1.165, 1.54) is 19.1 Å². The number of benzene rings is 3. The lowest BCUT2D eigenvalue weighted by atomic mass is 10.0. The van der Waals surface area contributed by atoms with E-state index in [2.05, 4.69) is 20.9 Å². The zero-order valence-corrected chi connectivity index (χ0v) is 24.6. The van der Waals surface area contributed by atoms with Crippen LogP contribution < -0.4 is 21.7 Å². The molecular formula is C33H37N5O7. The summed E-state index contributed by atoms with van der Waals surface area (Å²) in [5.74, 6) is -3.47. The first-order chi connectivity index (χ1) is 21.5. The molecule has 9 N–H and O–H groups in total. The van der Waals surface area contributed by atoms with Crippen molar-refractivity contribution in [3.63, 3.8) is 0 Å². The molecule has 0 fully saturated rings. The van der Waals surface area contributed by atoms with Crippen LogP contribution >= 0.6 is 0 Å². The van der Waals surface area contributed by atoms with E-state index in [4.69, 9.17) is 5.73 Å². The molecule has 1 heterocycles. The standard InChI is InChI=1S/C33H37N5O7/c1-19(39)29(34)32(43)37-27(16-21-11-13-23(40)14-12-21)30(41)36-26(15-20-7-3-2-4-8-20)31(42)38-28(33(44)45)17-22-18-35-25-10-6-5-9-24(22)25/h2-14,18-19,26-29,35,39-40H,15-17,34H2,1H3,(H,36,41)(H,37,43)(H,38,42)(H,44,45). The van der Waals surface area contributed by atoms with E-state index >= 15 is 0 Å². The number of carboxylic acid groups (broad SMARTS) is 1. The summed E-state index contributed by atoms with van der Waals surface area (Å²) in [6.45, 7) is 1.34. The first-order valence-corrected chi connectivity index (χ1v) is 14.5. The summed E-state index contributed by atoms with van der Waals surface area (Å²) < 4.78 is 0. The van der Waals surface area contributed by atoms with Gasteiger partial charge in [0.05, 0.1) is 6.10 Å². The summed E-state index contributed by atoms with van der Waals surface area (Å²) in [5.41, 5.74) is 8.62. The number of aliphatic hydroxyl groups excluding tert-OH is 1. The Balaban J connectivity index is 1.57. The number of aromatic hydroxyl groups is 1. The Labute approximate surface area is 259 Å². The molecule has 0 aliphatic heterocycles. The third-order valence-electron chi connectivity index (χ3n) is 7.46. The predicted octanol–water partition coefficient (Wildman–Crippen LogP) is 1.15. The van der Waals surface area contributed by atoms with Gasteiger partial charge in [0.1, 0.15) is 29.9 Å². The molecule has 3 amide bonds. The first-order valence-electron chi connectivity index (χ1n) is 14.5. The van der Waals surface area contributed by atoms with Crippen molar-refractivity contribution in [2.75, 3.05) is 0 Å². The number of rotatable bonds is 14. The number of nitrogens with one attached hydrogen (secondary N) is 4. The predicted molar refractivity (Wildman–Crippen MR) is 167 cm³/mol. The highest BCUT2D eigenvalue weighted by Crippen LogP contribution is 2.19. The van der Waals surface area contributed by atoms with Crippen molar-refractivity contribution in [2.45, 2.75) is 56.5 Å². The molecule has 0 bridgehead atoms.